The highest BCUT2D eigenvalue weighted by Gasteiger charge is 2.02. The molecule has 0 radical (unpaired) electrons. The summed E-state index contributed by atoms with van der Waals surface area (Å²) in [7, 11) is 0. The Morgan fingerprint density at radius 3 is 2.65 bits per heavy atom. The first-order chi connectivity index (χ1) is 8.06. The largest absolute Gasteiger partial charge is 0.461 e. The van der Waals surface area contributed by atoms with Crippen LogP contribution in [0.2, 0.25) is 0 Å². The van der Waals surface area contributed by atoms with Crippen molar-refractivity contribution in [3.63, 3.8) is 0 Å². The maximum atomic E-state index is 11.0. The van der Waals surface area contributed by atoms with Gasteiger partial charge in [-0.1, -0.05) is 6.58 Å². The minimum atomic E-state index is -0.588. The van der Waals surface area contributed by atoms with E-state index in [9.17, 15) is 9.59 Å². The number of carbonyl (C=O) groups is 2. The number of rotatable bonds is 8. The van der Waals surface area contributed by atoms with E-state index in [2.05, 4.69) is 29.3 Å². The number of carbonyl (C=O) groups excluding carboxylic acids is 2. The number of amides is 1. The van der Waals surface area contributed by atoms with E-state index in [0.29, 0.717) is 0 Å². The fourth-order valence-corrected chi connectivity index (χ4v) is 0.873. The predicted molar refractivity (Wildman–Crippen MR) is 64.9 cm³/mol. The number of hydrogen-bond donors (Lipinski definition) is 2. The van der Waals surface area contributed by atoms with E-state index < -0.39 is 12.1 Å². The zero-order valence-corrected chi connectivity index (χ0v) is 10.6. The maximum absolute atomic E-state index is 11.0. The lowest BCUT2D eigenvalue weighted by Gasteiger charge is -2.08. The molecular formula is C10H17NO5S. The van der Waals surface area contributed by atoms with Gasteiger partial charge in [-0.3, -0.25) is 0 Å². The summed E-state index contributed by atoms with van der Waals surface area (Å²) < 4.78 is 14.4. The lowest BCUT2D eigenvalue weighted by molar-refractivity contribution is -0.137. The van der Waals surface area contributed by atoms with Gasteiger partial charge in [0.2, 0.25) is 0 Å². The Bertz CT molecular complexity index is 257. The molecule has 0 aromatic carbocycles. The molecule has 6 nitrogen and oxygen atoms in total. The Morgan fingerprint density at radius 2 is 2.06 bits per heavy atom. The molecule has 0 heterocycles. The average molecular weight is 263 g/mol. The lowest BCUT2D eigenvalue weighted by atomic mass is 10.6. The summed E-state index contributed by atoms with van der Waals surface area (Å²) in [5.74, 6) is -0.531. The topological polar surface area (TPSA) is 73.9 Å². The van der Waals surface area contributed by atoms with Crippen molar-refractivity contribution in [1.29, 1.82) is 0 Å². The summed E-state index contributed by atoms with van der Waals surface area (Å²) in [4.78, 5) is 21.7. The molecule has 17 heavy (non-hydrogen) atoms. The number of hydrogen-bond acceptors (Lipinski definition) is 6. The highest BCUT2D eigenvalue weighted by molar-refractivity contribution is 7.80. The molecule has 0 saturated heterocycles. The van der Waals surface area contributed by atoms with Gasteiger partial charge in [-0.05, 0) is 6.92 Å². The minimum Gasteiger partial charge on any atom is -0.461 e. The molecule has 0 saturated carbocycles. The van der Waals surface area contributed by atoms with Crippen molar-refractivity contribution in [1.82, 2.24) is 5.32 Å². The van der Waals surface area contributed by atoms with Gasteiger partial charge in [-0.15, -0.1) is 12.6 Å². The lowest BCUT2D eigenvalue weighted by Crippen LogP contribution is -2.29. The maximum Gasteiger partial charge on any atom is 0.407 e. The fraction of sp³-hybridized carbons (Fsp3) is 0.600. The Kier molecular flexibility index (Phi) is 9.27. The number of nitrogens with one attached hydrogen (secondary N) is 1. The quantitative estimate of drug-likeness (QED) is 0.222. The summed E-state index contributed by atoms with van der Waals surface area (Å²) >= 11 is 3.99. The van der Waals surface area contributed by atoms with Crippen LogP contribution in [0.15, 0.2) is 12.7 Å². The van der Waals surface area contributed by atoms with Crippen molar-refractivity contribution in [2.24, 2.45) is 0 Å². The number of thiol groups is 1. The van der Waals surface area contributed by atoms with Crippen molar-refractivity contribution in [3.8, 4) is 0 Å². The smallest absolute Gasteiger partial charge is 0.407 e. The van der Waals surface area contributed by atoms with Gasteiger partial charge in [0.25, 0.3) is 0 Å². The second-order valence-electron chi connectivity index (χ2n) is 2.90. The molecule has 1 N–H and O–H groups in total. The van der Waals surface area contributed by atoms with Crippen LogP contribution in [0, 0.1) is 0 Å². The standard InChI is InChI=1S/C10H17NO5S/c1-3-9(12)15-5-4-11-10(13)16-7-6-14-8(2)17/h3,8,17H,1,4-7H2,2H3,(H,11,13). The molecule has 0 spiro atoms. The van der Waals surface area contributed by atoms with Crippen LogP contribution in [0.3, 0.4) is 0 Å². The molecule has 0 bridgehead atoms. The Balaban J connectivity index is 3.35. The van der Waals surface area contributed by atoms with Crippen LogP contribution in [0.25, 0.3) is 0 Å². The number of esters is 1. The van der Waals surface area contributed by atoms with Crippen LogP contribution in [0.5, 0.6) is 0 Å². The Morgan fingerprint density at radius 1 is 1.35 bits per heavy atom. The summed E-state index contributed by atoms with van der Waals surface area (Å²) in [6, 6.07) is 0. The highest BCUT2D eigenvalue weighted by Crippen LogP contribution is 1.93. The SMILES string of the molecule is C=CC(=O)OCCNC(=O)OCCOC(C)S. The summed E-state index contributed by atoms with van der Waals surface area (Å²) in [5.41, 5.74) is -0.194. The zero-order chi connectivity index (χ0) is 13.1. The van der Waals surface area contributed by atoms with E-state index in [1.807, 2.05) is 0 Å². The summed E-state index contributed by atoms with van der Waals surface area (Å²) in [6.07, 6.45) is 0.462. The molecule has 1 unspecified atom stereocenters. The molecule has 0 fully saturated rings. The van der Waals surface area contributed by atoms with Crippen molar-refractivity contribution >= 4 is 24.7 Å². The first-order valence-corrected chi connectivity index (χ1v) is 5.57. The van der Waals surface area contributed by atoms with Gasteiger partial charge in [0.05, 0.1) is 18.6 Å². The third-order valence-electron chi connectivity index (χ3n) is 1.46. The monoisotopic (exact) mass is 263 g/mol. The number of ether oxygens (including phenoxy) is 3. The van der Waals surface area contributed by atoms with Crippen molar-refractivity contribution in [3.05, 3.63) is 12.7 Å². The predicted octanol–water partition coefficient (Wildman–Crippen LogP) is 0.734. The van der Waals surface area contributed by atoms with E-state index in [1.54, 1.807) is 6.92 Å². The number of alkyl carbamates (subject to hydrolysis) is 1. The molecule has 1 amide bonds. The molecule has 0 rings (SSSR count). The van der Waals surface area contributed by atoms with Gasteiger partial charge >= 0.3 is 12.1 Å². The van der Waals surface area contributed by atoms with Gasteiger partial charge in [0.15, 0.2) is 0 Å². The first-order valence-electron chi connectivity index (χ1n) is 5.05. The van der Waals surface area contributed by atoms with Crippen LogP contribution >= 0.6 is 12.6 Å². The fourth-order valence-electron chi connectivity index (χ4n) is 0.768. The first kappa shape index (κ1) is 15.8. The minimum absolute atomic E-state index is 0.0735. The van der Waals surface area contributed by atoms with Crippen LogP contribution in [0.1, 0.15) is 6.92 Å². The van der Waals surface area contributed by atoms with Crippen LogP contribution in [-0.2, 0) is 19.0 Å². The average Bonchev–Trinajstić information content (AvgIpc) is 2.29. The van der Waals surface area contributed by atoms with E-state index in [1.165, 1.54) is 0 Å². The van der Waals surface area contributed by atoms with Crippen LogP contribution in [-0.4, -0.2) is 43.9 Å². The molecule has 0 aromatic rings. The zero-order valence-electron chi connectivity index (χ0n) is 9.68. The molecule has 0 aliphatic heterocycles. The molecular weight excluding hydrogens is 246 g/mol. The van der Waals surface area contributed by atoms with Crippen molar-refractivity contribution in [2.75, 3.05) is 26.4 Å². The molecule has 7 heteroatoms. The van der Waals surface area contributed by atoms with Gasteiger partial charge in [0, 0.05) is 6.08 Å². The second kappa shape index (κ2) is 9.98. The third kappa shape index (κ3) is 11.1. The molecule has 98 valence electrons. The Hall–Kier alpha value is -1.21. The van der Waals surface area contributed by atoms with E-state index in [-0.39, 0.29) is 31.8 Å². The van der Waals surface area contributed by atoms with Gasteiger partial charge < -0.3 is 19.5 Å². The third-order valence-corrected chi connectivity index (χ3v) is 1.61. The van der Waals surface area contributed by atoms with Gasteiger partial charge in [-0.2, -0.15) is 0 Å². The molecule has 1 atom stereocenters. The molecule has 0 aromatic heterocycles. The molecule has 0 aliphatic carbocycles. The van der Waals surface area contributed by atoms with Crippen LogP contribution in [0.4, 0.5) is 4.79 Å². The van der Waals surface area contributed by atoms with E-state index in [0.717, 1.165) is 6.08 Å². The molecule has 0 aliphatic rings. The van der Waals surface area contributed by atoms with Crippen molar-refractivity contribution < 1.29 is 23.8 Å². The second-order valence-corrected chi connectivity index (χ2v) is 3.63. The Labute approximate surface area is 106 Å². The summed E-state index contributed by atoms with van der Waals surface area (Å²) in [5, 5.41) is 2.40. The normalized spacial score (nSPS) is 11.4. The summed E-state index contributed by atoms with van der Waals surface area (Å²) in [6.45, 7) is 5.67. The van der Waals surface area contributed by atoms with Gasteiger partial charge in [0.1, 0.15) is 13.2 Å². The van der Waals surface area contributed by atoms with Gasteiger partial charge in [-0.25, -0.2) is 9.59 Å². The van der Waals surface area contributed by atoms with Crippen molar-refractivity contribution in [2.45, 2.75) is 12.4 Å². The highest BCUT2D eigenvalue weighted by atomic mass is 32.1. The van der Waals surface area contributed by atoms with Crippen LogP contribution < -0.4 is 5.32 Å². The van der Waals surface area contributed by atoms with E-state index >= 15 is 0 Å². The van der Waals surface area contributed by atoms with E-state index in [4.69, 9.17) is 9.47 Å².